The zero-order valence-corrected chi connectivity index (χ0v) is 25.6. The highest BCUT2D eigenvalue weighted by atomic mass is 35.5. The Morgan fingerprint density at radius 3 is 2.51 bits per heavy atom. The predicted octanol–water partition coefficient (Wildman–Crippen LogP) is 4.37. The molecule has 11 nitrogen and oxygen atoms in total. The van der Waals surface area contributed by atoms with Crippen molar-refractivity contribution in [3.8, 4) is 0 Å². The van der Waals surface area contributed by atoms with Gasteiger partial charge in [0.2, 0.25) is 5.95 Å². The first kappa shape index (κ1) is 31.0. The van der Waals surface area contributed by atoms with Crippen molar-refractivity contribution in [3.63, 3.8) is 0 Å². The second-order valence-corrected chi connectivity index (χ2v) is 12.4. The van der Waals surface area contributed by atoms with Gasteiger partial charge in [-0.3, -0.25) is 9.79 Å². The fourth-order valence-corrected chi connectivity index (χ4v) is 6.85. The summed E-state index contributed by atoms with van der Waals surface area (Å²) in [6.07, 6.45) is 6.06. The number of rotatable bonds is 8. The number of ether oxygens (including phenoxy) is 1. The number of carboxylic acid groups (broad SMARTS) is 1. The molecule has 0 amide bonds. The molecule has 2 fully saturated rings. The Morgan fingerprint density at radius 1 is 1.18 bits per heavy atom. The van der Waals surface area contributed by atoms with E-state index in [1.165, 1.54) is 29.8 Å². The minimum atomic E-state index is -1.25. The fraction of sp³-hybridized carbons (Fsp3) is 0.400. The number of allylic oxidation sites excluding steroid dienone is 1. The SMILES string of the molecule is CCOC(=O)C1=C(C2CCN(c3ncc(C4(O)CC(C(=O)O)C4)cn3)CC2)NC(c2nccs2)=NC1c1ccc(F)c(F)c1Cl. The van der Waals surface area contributed by atoms with E-state index in [0.29, 0.717) is 54.0 Å². The van der Waals surface area contributed by atoms with Gasteiger partial charge in [0.15, 0.2) is 22.5 Å². The Labute approximate surface area is 265 Å². The zero-order chi connectivity index (χ0) is 31.9. The lowest BCUT2D eigenvalue weighted by Gasteiger charge is -2.41. The molecule has 0 spiro atoms. The average molecular weight is 659 g/mol. The first-order valence-electron chi connectivity index (χ1n) is 14.4. The van der Waals surface area contributed by atoms with Crippen molar-refractivity contribution in [2.75, 3.05) is 24.6 Å². The third-order valence-corrected chi connectivity index (χ3v) is 9.61. The number of esters is 1. The van der Waals surface area contributed by atoms with E-state index in [9.17, 15) is 23.5 Å². The van der Waals surface area contributed by atoms with Gasteiger partial charge in [-0.05, 0) is 38.7 Å². The molecule has 3 aromatic rings. The van der Waals surface area contributed by atoms with Crippen LogP contribution in [-0.2, 0) is 19.9 Å². The highest BCUT2D eigenvalue weighted by Gasteiger charge is 2.48. The molecule has 2 aromatic heterocycles. The van der Waals surface area contributed by atoms with Crippen LogP contribution in [0.2, 0.25) is 5.02 Å². The molecule has 3 N–H and O–H groups in total. The second-order valence-electron chi connectivity index (χ2n) is 11.2. The van der Waals surface area contributed by atoms with Gasteiger partial charge >= 0.3 is 11.9 Å². The van der Waals surface area contributed by atoms with Gasteiger partial charge in [0, 0.05) is 59.8 Å². The summed E-state index contributed by atoms with van der Waals surface area (Å²) in [5, 5.41) is 25.1. The van der Waals surface area contributed by atoms with Crippen molar-refractivity contribution >= 4 is 46.7 Å². The summed E-state index contributed by atoms with van der Waals surface area (Å²) < 4.78 is 34.1. The number of aliphatic hydroxyl groups is 1. The van der Waals surface area contributed by atoms with Gasteiger partial charge in [0.25, 0.3) is 0 Å². The number of carboxylic acids is 1. The molecule has 15 heteroatoms. The van der Waals surface area contributed by atoms with E-state index in [2.05, 4.69) is 20.3 Å². The van der Waals surface area contributed by atoms with Crippen molar-refractivity contribution in [1.82, 2.24) is 20.3 Å². The minimum Gasteiger partial charge on any atom is -0.481 e. The van der Waals surface area contributed by atoms with Crippen LogP contribution in [0.5, 0.6) is 0 Å². The number of aliphatic imine (C=N–C) groups is 1. The number of halogens is 3. The summed E-state index contributed by atoms with van der Waals surface area (Å²) in [7, 11) is 0. The fourth-order valence-electron chi connectivity index (χ4n) is 6.01. The topological polar surface area (TPSA) is 150 Å². The van der Waals surface area contributed by atoms with Crippen LogP contribution in [0.15, 0.2) is 52.4 Å². The quantitative estimate of drug-likeness (QED) is 0.235. The summed E-state index contributed by atoms with van der Waals surface area (Å²) in [5.74, 6) is -3.85. The molecule has 1 unspecified atom stereocenters. The number of aliphatic carboxylic acids is 1. The molecule has 0 radical (unpaired) electrons. The van der Waals surface area contributed by atoms with Crippen LogP contribution >= 0.6 is 22.9 Å². The lowest BCUT2D eigenvalue weighted by molar-refractivity contribution is -0.159. The maximum atomic E-state index is 14.6. The smallest absolute Gasteiger partial charge is 0.338 e. The second kappa shape index (κ2) is 12.4. The van der Waals surface area contributed by atoms with Gasteiger partial charge in [0.1, 0.15) is 6.04 Å². The van der Waals surface area contributed by atoms with Gasteiger partial charge in [-0.15, -0.1) is 11.3 Å². The van der Waals surface area contributed by atoms with E-state index < -0.39 is 46.2 Å². The van der Waals surface area contributed by atoms with E-state index in [1.807, 2.05) is 4.90 Å². The predicted molar refractivity (Wildman–Crippen MR) is 161 cm³/mol. The van der Waals surface area contributed by atoms with Gasteiger partial charge in [-0.1, -0.05) is 17.7 Å². The van der Waals surface area contributed by atoms with E-state index in [0.717, 1.165) is 6.07 Å². The Hall–Kier alpha value is -4.01. The lowest BCUT2D eigenvalue weighted by atomic mass is 9.68. The number of piperidine rings is 1. The molecule has 236 valence electrons. The molecule has 1 saturated carbocycles. The van der Waals surface area contributed by atoms with Gasteiger partial charge in [0.05, 0.1) is 28.7 Å². The van der Waals surface area contributed by atoms with Crippen molar-refractivity contribution in [3.05, 3.63) is 80.2 Å². The molecule has 1 aromatic carbocycles. The van der Waals surface area contributed by atoms with Crippen molar-refractivity contribution in [2.24, 2.45) is 16.8 Å². The van der Waals surface area contributed by atoms with Crippen molar-refractivity contribution in [1.29, 1.82) is 0 Å². The Bertz CT molecular complexity index is 1670. The first-order valence-corrected chi connectivity index (χ1v) is 15.7. The molecular formula is C30H29ClF2N6O5S. The Balaban J connectivity index is 1.28. The molecule has 0 bridgehead atoms. The molecule has 3 aliphatic rings. The molecule has 45 heavy (non-hydrogen) atoms. The molecule has 6 rings (SSSR count). The molecule has 1 atom stereocenters. The summed E-state index contributed by atoms with van der Waals surface area (Å²) >= 11 is 7.62. The standard InChI is InChI=1S/C30H29ClF2N6O5S/c1-2-44-28(42)20-23(37-25(26-34-7-10-45-26)38-24(20)18-3-4-19(32)22(33)21(18)31)15-5-8-39(9-6-15)29-35-13-17(14-36-29)30(43)11-16(12-30)27(40)41/h3-4,7,10,13-16,24,43H,2,5-6,8-9,11-12H2,1H3,(H,37,38)(H,40,41). The van der Waals surface area contributed by atoms with Crippen LogP contribution in [0.25, 0.3) is 0 Å². The van der Waals surface area contributed by atoms with E-state index in [-0.39, 0.29) is 36.5 Å². The van der Waals surface area contributed by atoms with Gasteiger partial charge in [-0.25, -0.2) is 28.5 Å². The van der Waals surface area contributed by atoms with E-state index in [1.54, 1.807) is 18.5 Å². The zero-order valence-electron chi connectivity index (χ0n) is 24.0. The molecular weight excluding hydrogens is 630 g/mol. The summed E-state index contributed by atoms with van der Waals surface area (Å²) in [4.78, 5) is 44.6. The van der Waals surface area contributed by atoms with Crippen molar-refractivity contribution in [2.45, 2.75) is 44.2 Å². The van der Waals surface area contributed by atoms with Gasteiger partial charge in [-0.2, -0.15) is 0 Å². The number of hydrogen-bond acceptors (Lipinski definition) is 11. The normalized spacial score (nSPS) is 23.7. The highest BCUT2D eigenvalue weighted by Crippen LogP contribution is 2.46. The maximum Gasteiger partial charge on any atom is 0.338 e. The van der Waals surface area contributed by atoms with Crippen LogP contribution in [0, 0.1) is 23.5 Å². The number of amidine groups is 1. The van der Waals surface area contributed by atoms with Gasteiger partial charge < -0.3 is 25.2 Å². The third kappa shape index (κ3) is 5.89. The third-order valence-electron chi connectivity index (χ3n) is 8.44. The number of carbonyl (C=O) groups excluding carboxylic acids is 1. The van der Waals surface area contributed by atoms with Crippen LogP contribution < -0.4 is 10.2 Å². The Morgan fingerprint density at radius 2 is 1.89 bits per heavy atom. The minimum absolute atomic E-state index is 0.0920. The summed E-state index contributed by atoms with van der Waals surface area (Å²) in [5.41, 5.74) is 0.0690. The molecule has 1 aliphatic carbocycles. The highest BCUT2D eigenvalue weighted by molar-refractivity contribution is 7.11. The summed E-state index contributed by atoms with van der Waals surface area (Å²) in [6.45, 7) is 2.82. The lowest BCUT2D eigenvalue weighted by Crippen LogP contribution is -2.45. The number of benzene rings is 1. The summed E-state index contributed by atoms with van der Waals surface area (Å²) in [6, 6.07) is 1.20. The molecule has 4 heterocycles. The van der Waals surface area contributed by atoms with Crippen LogP contribution in [0.4, 0.5) is 14.7 Å². The number of aromatic nitrogens is 3. The van der Waals surface area contributed by atoms with E-state index >= 15 is 0 Å². The largest absolute Gasteiger partial charge is 0.481 e. The monoisotopic (exact) mass is 658 g/mol. The number of carbonyl (C=O) groups is 2. The molecule has 2 aliphatic heterocycles. The first-order chi connectivity index (χ1) is 21.6. The Kier molecular flexibility index (Phi) is 8.55. The number of thiazole rings is 1. The number of nitrogens with zero attached hydrogens (tertiary/aromatic N) is 5. The number of anilines is 1. The van der Waals surface area contributed by atoms with Crippen LogP contribution in [0.1, 0.15) is 54.8 Å². The van der Waals surface area contributed by atoms with Crippen LogP contribution in [-0.4, -0.2) is 62.6 Å². The van der Waals surface area contributed by atoms with E-state index in [4.69, 9.17) is 26.4 Å². The average Bonchev–Trinajstić information content (AvgIpc) is 3.57. The maximum absolute atomic E-state index is 14.6. The van der Waals surface area contributed by atoms with Crippen LogP contribution in [0.3, 0.4) is 0 Å². The molecule has 1 saturated heterocycles. The number of hydrogen-bond donors (Lipinski definition) is 3. The van der Waals surface area contributed by atoms with Crippen molar-refractivity contribution < 1.29 is 33.3 Å². The number of nitrogens with one attached hydrogen (secondary N) is 1.